The number of ether oxygens (including phenoxy) is 1. The van der Waals surface area contributed by atoms with Crippen LogP contribution in [0.25, 0.3) is 0 Å². The van der Waals surface area contributed by atoms with Crippen molar-refractivity contribution in [2.45, 2.75) is 39.2 Å². The fourth-order valence-electron chi connectivity index (χ4n) is 3.18. The third kappa shape index (κ3) is 3.49. The van der Waals surface area contributed by atoms with E-state index in [1.54, 1.807) is 4.90 Å². The molecule has 2 fully saturated rings. The van der Waals surface area contributed by atoms with Gasteiger partial charge in [0.15, 0.2) is 0 Å². The van der Waals surface area contributed by atoms with Crippen molar-refractivity contribution in [1.82, 2.24) is 4.90 Å². The van der Waals surface area contributed by atoms with E-state index in [0.29, 0.717) is 19.5 Å². The SMILES string of the molecule is Cc1ccc(C)c(OC2CCN(C(=O)C3CC3C(=O)O)CC2)c1. The van der Waals surface area contributed by atoms with Gasteiger partial charge >= 0.3 is 5.97 Å². The fraction of sp³-hybridized carbons (Fsp3) is 0.556. The molecule has 0 spiro atoms. The highest BCUT2D eigenvalue weighted by Crippen LogP contribution is 2.40. The van der Waals surface area contributed by atoms with E-state index in [9.17, 15) is 9.59 Å². The minimum Gasteiger partial charge on any atom is -0.490 e. The van der Waals surface area contributed by atoms with Crippen LogP contribution in [0, 0.1) is 25.7 Å². The van der Waals surface area contributed by atoms with Crippen LogP contribution in [0.4, 0.5) is 0 Å². The average Bonchev–Trinajstić information content (AvgIpc) is 3.32. The maximum absolute atomic E-state index is 12.3. The highest BCUT2D eigenvalue weighted by atomic mass is 16.5. The van der Waals surface area contributed by atoms with Gasteiger partial charge in [0.25, 0.3) is 0 Å². The van der Waals surface area contributed by atoms with Crippen LogP contribution in [-0.2, 0) is 9.59 Å². The first-order valence-corrected chi connectivity index (χ1v) is 8.21. The number of rotatable bonds is 4. The molecule has 1 aromatic carbocycles. The molecule has 2 unspecified atom stereocenters. The second-order valence-corrected chi connectivity index (χ2v) is 6.70. The van der Waals surface area contributed by atoms with Crippen molar-refractivity contribution in [3.63, 3.8) is 0 Å². The van der Waals surface area contributed by atoms with Gasteiger partial charge in [-0.3, -0.25) is 9.59 Å². The number of piperidine rings is 1. The van der Waals surface area contributed by atoms with Crippen LogP contribution in [0.1, 0.15) is 30.4 Å². The molecule has 0 bridgehead atoms. The molecule has 0 aromatic heterocycles. The first kappa shape index (κ1) is 15.8. The summed E-state index contributed by atoms with van der Waals surface area (Å²) in [7, 11) is 0. The Balaban J connectivity index is 1.52. The molecule has 1 amide bonds. The number of carboxylic acids is 1. The van der Waals surface area contributed by atoms with Gasteiger partial charge in [-0.25, -0.2) is 0 Å². The maximum Gasteiger partial charge on any atom is 0.307 e. The summed E-state index contributed by atoms with van der Waals surface area (Å²) in [5.74, 6) is -0.697. The van der Waals surface area contributed by atoms with Crippen molar-refractivity contribution in [2.24, 2.45) is 11.8 Å². The summed E-state index contributed by atoms with van der Waals surface area (Å²) in [5.41, 5.74) is 2.29. The summed E-state index contributed by atoms with van der Waals surface area (Å²) in [6, 6.07) is 6.18. The maximum atomic E-state index is 12.3. The third-order valence-corrected chi connectivity index (χ3v) is 4.82. The van der Waals surface area contributed by atoms with Gasteiger partial charge in [0.1, 0.15) is 11.9 Å². The van der Waals surface area contributed by atoms with Crippen LogP contribution in [0.5, 0.6) is 5.75 Å². The van der Waals surface area contributed by atoms with Crippen LogP contribution in [-0.4, -0.2) is 41.1 Å². The number of hydrogen-bond donors (Lipinski definition) is 1. The Bertz CT molecular complexity index is 619. The van der Waals surface area contributed by atoms with Crippen LogP contribution in [0.2, 0.25) is 0 Å². The summed E-state index contributed by atoms with van der Waals surface area (Å²) in [6.07, 6.45) is 2.20. The first-order valence-electron chi connectivity index (χ1n) is 8.21. The topological polar surface area (TPSA) is 66.8 Å². The molecular weight excluding hydrogens is 294 g/mol. The number of carbonyl (C=O) groups is 2. The number of benzene rings is 1. The average molecular weight is 317 g/mol. The molecule has 1 aliphatic heterocycles. The van der Waals surface area contributed by atoms with Crippen molar-refractivity contribution in [2.75, 3.05) is 13.1 Å². The fourth-order valence-corrected chi connectivity index (χ4v) is 3.18. The van der Waals surface area contributed by atoms with E-state index in [4.69, 9.17) is 9.84 Å². The van der Waals surface area contributed by atoms with Crippen LogP contribution < -0.4 is 4.74 Å². The molecule has 2 atom stereocenters. The molecule has 5 nitrogen and oxygen atoms in total. The van der Waals surface area contributed by atoms with Gasteiger partial charge in [0.05, 0.1) is 11.8 Å². The van der Waals surface area contributed by atoms with Crippen LogP contribution >= 0.6 is 0 Å². The molecule has 3 rings (SSSR count). The molecular formula is C18H23NO4. The summed E-state index contributed by atoms with van der Waals surface area (Å²) in [5, 5.41) is 8.93. The zero-order chi connectivity index (χ0) is 16.6. The van der Waals surface area contributed by atoms with Crippen molar-refractivity contribution in [1.29, 1.82) is 0 Å². The van der Waals surface area contributed by atoms with E-state index in [0.717, 1.165) is 24.2 Å². The number of likely N-dealkylation sites (tertiary alicyclic amines) is 1. The van der Waals surface area contributed by atoms with E-state index in [1.807, 2.05) is 13.8 Å². The minimum atomic E-state index is -0.850. The first-order chi connectivity index (χ1) is 11.0. The highest BCUT2D eigenvalue weighted by Gasteiger charge is 2.50. The Hall–Kier alpha value is -2.04. The van der Waals surface area contributed by atoms with Gasteiger partial charge in [0, 0.05) is 25.9 Å². The molecule has 1 N–H and O–H groups in total. The molecule has 1 heterocycles. The molecule has 124 valence electrons. The van der Waals surface area contributed by atoms with Gasteiger partial charge in [-0.05, 0) is 37.5 Å². The smallest absolute Gasteiger partial charge is 0.307 e. The Morgan fingerprint density at radius 3 is 2.48 bits per heavy atom. The van der Waals surface area contributed by atoms with E-state index in [2.05, 4.69) is 18.2 Å². The Morgan fingerprint density at radius 2 is 1.87 bits per heavy atom. The number of aryl methyl sites for hydroxylation is 2. The zero-order valence-electron chi connectivity index (χ0n) is 13.6. The number of nitrogens with zero attached hydrogens (tertiary/aromatic N) is 1. The van der Waals surface area contributed by atoms with Crippen LogP contribution in [0.3, 0.4) is 0 Å². The predicted octanol–water partition coefficient (Wildman–Crippen LogP) is 2.39. The number of carbonyl (C=O) groups excluding carboxylic acids is 1. The second-order valence-electron chi connectivity index (χ2n) is 6.70. The van der Waals surface area contributed by atoms with Crippen molar-refractivity contribution < 1.29 is 19.4 Å². The normalized spacial score (nSPS) is 24.3. The zero-order valence-corrected chi connectivity index (χ0v) is 13.6. The number of carboxylic acid groups (broad SMARTS) is 1. The van der Waals surface area contributed by atoms with E-state index in [-0.39, 0.29) is 17.9 Å². The molecule has 2 aliphatic rings. The highest BCUT2D eigenvalue weighted by molar-refractivity contribution is 5.89. The molecule has 1 saturated carbocycles. The largest absolute Gasteiger partial charge is 0.490 e. The molecule has 0 radical (unpaired) electrons. The lowest BCUT2D eigenvalue weighted by Gasteiger charge is -2.32. The van der Waals surface area contributed by atoms with Crippen molar-refractivity contribution in [3.05, 3.63) is 29.3 Å². The summed E-state index contributed by atoms with van der Waals surface area (Å²) >= 11 is 0. The number of aliphatic carboxylic acids is 1. The van der Waals surface area contributed by atoms with Gasteiger partial charge in [-0.1, -0.05) is 12.1 Å². The van der Waals surface area contributed by atoms with Gasteiger partial charge < -0.3 is 14.7 Å². The Kier molecular flexibility index (Phi) is 4.28. The molecule has 1 saturated heterocycles. The minimum absolute atomic E-state index is 0.00239. The van der Waals surface area contributed by atoms with Gasteiger partial charge in [0.2, 0.25) is 5.91 Å². The van der Waals surface area contributed by atoms with Gasteiger partial charge in [-0.15, -0.1) is 0 Å². The lowest BCUT2D eigenvalue weighted by molar-refractivity contribution is -0.142. The molecule has 5 heteroatoms. The van der Waals surface area contributed by atoms with E-state index in [1.165, 1.54) is 5.56 Å². The Labute approximate surface area is 136 Å². The van der Waals surface area contributed by atoms with Crippen molar-refractivity contribution >= 4 is 11.9 Å². The standard InChI is InChI=1S/C18H23NO4/c1-11-3-4-12(2)16(9-11)23-13-5-7-19(8-6-13)17(20)14-10-15(14)18(21)22/h3-4,9,13-15H,5-8,10H2,1-2H3,(H,21,22). The van der Waals surface area contributed by atoms with Crippen LogP contribution in [0.15, 0.2) is 18.2 Å². The number of hydrogen-bond acceptors (Lipinski definition) is 3. The second kappa shape index (κ2) is 6.22. The molecule has 1 aliphatic carbocycles. The van der Waals surface area contributed by atoms with E-state index >= 15 is 0 Å². The molecule has 1 aromatic rings. The number of amides is 1. The molecule has 23 heavy (non-hydrogen) atoms. The summed E-state index contributed by atoms with van der Waals surface area (Å²) in [4.78, 5) is 24.9. The third-order valence-electron chi connectivity index (χ3n) is 4.82. The summed E-state index contributed by atoms with van der Waals surface area (Å²) < 4.78 is 6.10. The Morgan fingerprint density at radius 1 is 1.17 bits per heavy atom. The lowest BCUT2D eigenvalue weighted by Crippen LogP contribution is -2.42. The lowest BCUT2D eigenvalue weighted by atomic mass is 10.1. The van der Waals surface area contributed by atoms with Gasteiger partial charge in [-0.2, -0.15) is 0 Å². The van der Waals surface area contributed by atoms with E-state index < -0.39 is 11.9 Å². The quantitative estimate of drug-likeness (QED) is 0.926. The monoisotopic (exact) mass is 317 g/mol. The van der Waals surface area contributed by atoms with Crippen molar-refractivity contribution in [3.8, 4) is 5.75 Å². The summed E-state index contributed by atoms with van der Waals surface area (Å²) in [6.45, 7) is 5.38. The predicted molar refractivity (Wildman–Crippen MR) is 85.4 cm³/mol.